The smallest absolute Gasteiger partial charge is 0.202 e. The summed E-state index contributed by atoms with van der Waals surface area (Å²) >= 11 is 1.42. The molecular weight excluding hydrogens is 170 g/mol. The molecule has 0 radical (unpaired) electrons. The zero-order chi connectivity index (χ0) is 8.81. The number of anilines is 1. The van der Waals surface area contributed by atoms with Crippen LogP contribution in [0.4, 0.5) is 5.13 Å². The highest BCUT2D eigenvalue weighted by Gasteiger charge is 1.99. The van der Waals surface area contributed by atoms with Crippen molar-refractivity contribution in [3.63, 3.8) is 0 Å². The van der Waals surface area contributed by atoms with Crippen LogP contribution in [0.15, 0.2) is 12.7 Å². The summed E-state index contributed by atoms with van der Waals surface area (Å²) in [5.41, 5.74) is 0. The first kappa shape index (κ1) is 9.19. The number of rotatable bonds is 5. The second-order valence-corrected chi connectivity index (χ2v) is 3.13. The van der Waals surface area contributed by atoms with E-state index in [0.29, 0.717) is 0 Å². The predicted octanol–water partition coefficient (Wildman–Crippen LogP) is 2.09. The highest BCUT2D eigenvalue weighted by Crippen LogP contribution is 2.10. The Morgan fingerprint density at radius 2 is 2.50 bits per heavy atom. The molecular formula is C8H13N3S. The van der Waals surface area contributed by atoms with Crippen LogP contribution in [0.25, 0.3) is 0 Å². The monoisotopic (exact) mass is 183 g/mol. The fraction of sp³-hybridized carbons (Fsp3) is 0.500. The summed E-state index contributed by atoms with van der Waals surface area (Å²) in [5, 5.41) is 4.08. The van der Waals surface area contributed by atoms with Crippen LogP contribution in [0.2, 0.25) is 0 Å². The largest absolute Gasteiger partial charge is 0.360 e. The molecule has 0 aliphatic heterocycles. The molecule has 1 heterocycles. The molecule has 0 atom stereocenters. The maximum absolute atomic E-state index is 4.26. The van der Waals surface area contributed by atoms with Gasteiger partial charge in [0.25, 0.3) is 0 Å². The lowest BCUT2D eigenvalue weighted by Crippen LogP contribution is -1.99. The summed E-state index contributed by atoms with van der Waals surface area (Å²) in [6, 6.07) is 0. The number of nitrogens with zero attached hydrogens (tertiary/aromatic N) is 2. The molecule has 0 aliphatic carbocycles. The molecule has 1 aromatic rings. The summed E-state index contributed by atoms with van der Waals surface area (Å²) in [5.74, 6) is 0.918. The van der Waals surface area contributed by atoms with E-state index in [1.807, 2.05) is 6.08 Å². The van der Waals surface area contributed by atoms with E-state index < -0.39 is 0 Å². The first-order valence-corrected chi connectivity index (χ1v) is 4.81. The molecule has 3 nitrogen and oxygen atoms in total. The van der Waals surface area contributed by atoms with Crippen molar-refractivity contribution in [2.75, 3.05) is 11.9 Å². The van der Waals surface area contributed by atoms with E-state index in [1.165, 1.54) is 11.5 Å². The average Bonchev–Trinajstić information content (AvgIpc) is 2.53. The lowest BCUT2D eigenvalue weighted by molar-refractivity contribution is 0.988. The van der Waals surface area contributed by atoms with E-state index in [1.54, 1.807) is 0 Å². The number of aryl methyl sites for hydroxylation is 1. The lowest BCUT2D eigenvalue weighted by atomic mass is 10.4. The van der Waals surface area contributed by atoms with Crippen LogP contribution in [0.1, 0.15) is 19.2 Å². The Bertz CT molecular complexity index is 244. The Morgan fingerprint density at radius 1 is 1.67 bits per heavy atom. The Balaban J connectivity index is 2.36. The van der Waals surface area contributed by atoms with Gasteiger partial charge in [-0.05, 0) is 6.42 Å². The molecule has 0 saturated heterocycles. The zero-order valence-corrected chi connectivity index (χ0v) is 8.02. The quantitative estimate of drug-likeness (QED) is 0.561. The summed E-state index contributed by atoms with van der Waals surface area (Å²) in [6.07, 6.45) is 3.75. The van der Waals surface area contributed by atoms with Gasteiger partial charge in [0.1, 0.15) is 5.82 Å². The molecule has 0 aromatic carbocycles. The van der Waals surface area contributed by atoms with Gasteiger partial charge in [0.15, 0.2) is 0 Å². The summed E-state index contributed by atoms with van der Waals surface area (Å²) < 4.78 is 4.16. The molecule has 0 saturated carbocycles. The minimum Gasteiger partial charge on any atom is -0.360 e. The van der Waals surface area contributed by atoms with E-state index in [2.05, 4.69) is 28.2 Å². The number of hydrogen-bond donors (Lipinski definition) is 1. The molecule has 1 N–H and O–H groups in total. The van der Waals surface area contributed by atoms with Crippen LogP contribution in [0.5, 0.6) is 0 Å². The van der Waals surface area contributed by atoms with Gasteiger partial charge in [0.05, 0.1) is 0 Å². The van der Waals surface area contributed by atoms with Crippen molar-refractivity contribution in [1.29, 1.82) is 0 Å². The molecule has 66 valence electrons. The van der Waals surface area contributed by atoms with E-state index in [-0.39, 0.29) is 0 Å². The minimum absolute atomic E-state index is 0.891. The third kappa shape index (κ3) is 2.62. The molecule has 12 heavy (non-hydrogen) atoms. The molecule has 0 bridgehead atoms. The predicted molar refractivity (Wildman–Crippen MR) is 52.6 cm³/mol. The van der Waals surface area contributed by atoms with E-state index >= 15 is 0 Å². The van der Waals surface area contributed by atoms with E-state index in [0.717, 1.165) is 30.3 Å². The minimum atomic E-state index is 0.891. The topological polar surface area (TPSA) is 37.8 Å². The normalized spacial score (nSPS) is 9.75. The second-order valence-electron chi connectivity index (χ2n) is 2.37. The van der Waals surface area contributed by atoms with Crippen molar-refractivity contribution >= 4 is 16.7 Å². The molecule has 0 fully saturated rings. The Hall–Kier alpha value is -0.900. The third-order valence-electron chi connectivity index (χ3n) is 1.41. The lowest BCUT2D eigenvalue weighted by Gasteiger charge is -1.96. The molecule has 0 unspecified atom stereocenters. The molecule has 4 heteroatoms. The van der Waals surface area contributed by atoms with Crippen LogP contribution in [0, 0.1) is 0 Å². The maximum Gasteiger partial charge on any atom is 0.202 e. The van der Waals surface area contributed by atoms with Gasteiger partial charge < -0.3 is 5.32 Å². The van der Waals surface area contributed by atoms with Gasteiger partial charge in [-0.25, -0.2) is 4.98 Å². The average molecular weight is 183 g/mol. The van der Waals surface area contributed by atoms with Crippen molar-refractivity contribution in [3.05, 3.63) is 18.5 Å². The standard InChI is InChI=1S/C8H13N3S/c1-3-5-6-9-8-10-7(4-2)11-12-8/h3H,1,4-6H2,2H3,(H,9,10,11). The van der Waals surface area contributed by atoms with Crippen LogP contribution < -0.4 is 5.32 Å². The van der Waals surface area contributed by atoms with Gasteiger partial charge in [-0.15, -0.1) is 6.58 Å². The van der Waals surface area contributed by atoms with Crippen molar-refractivity contribution in [2.24, 2.45) is 0 Å². The summed E-state index contributed by atoms with van der Waals surface area (Å²) in [7, 11) is 0. The van der Waals surface area contributed by atoms with Gasteiger partial charge in [-0.2, -0.15) is 4.37 Å². The van der Waals surface area contributed by atoms with Crippen molar-refractivity contribution < 1.29 is 0 Å². The number of hydrogen-bond acceptors (Lipinski definition) is 4. The Kier molecular flexibility index (Phi) is 3.73. The second kappa shape index (κ2) is 4.87. The number of aromatic nitrogens is 2. The van der Waals surface area contributed by atoms with Crippen molar-refractivity contribution in [2.45, 2.75) is 19.8 Å². The van der Waals surface area contributed by atoms with Crippen LogP contribution in [-0.4, -0.2) is 15.9 Å². The van der Waals surface area contributed by atoms with Gasteiger partial charge in [-0.1, -0.05) is 13.0 Å². The SMILES string of the molecule is C=CCCNc1nc(CC)ns1. The third-order valence-corrected chi connectivity index (χ3v) is 2.12. The first-order chi connectivity index (χ1) is 5.86. The molecule has 1 aromatic heterocycles. The van der Waals surface area contributed by atoms with Crippen molar-refractivity contribution in [1.82, 2.24) is 9.36 Å². The molecule has 0 aliphatic rings. The highest BCUT2D eigenvalue weighted by molar-refractivity contribution is 7.09. The highest BCUT2D eigenvalue weighted by atomic mass is 32.1. The van der Waals surface area contributed by atoms with Crippen LogP contribution in [0.3, 0.4) is 0 Å². The van der Waals surface area contributed by atoms with Gasteiger partial charge in [0.2, 0.25) is 5.13 Å². The first-order valence-electron chi connectivity index (χ1n) is 4.04. The van der Waals surface area contributed by atoms with Gasteiger partial charge >= 0.3 is 0 Å². The summed E-state index contributed by atoms with van der Waals surface area (Å²) in [4.78, 5) is 4.26. The summed E-state index contributed by atoms with van der Waals surface area (Å²) in [6.45, 7) is 6.58. The van der Waals surface area contributed by atoms with Crippen LogP contribution >= 0.6 is 11.5 Å². The Labute approximate surface area is 76.7 Å². The van der Waals surface area contributed by atoms with Gasteiger partial charge in [-0.3, -0.25) is 0 Å². The molecule has 1 rings (SSSR count). The zero-order valence-electron chi connectivity index (χ0n) is 7.21. The molecule has 0 amide bonds. The van der Waals surface area contributed by atoms with E-state index in [4.69, 9.17) is 0 Å². The van der Waals surface area contributed by atoms with Crippen LogP contribution in [-0.2, 0) is 6.42 Å². The fourth-order valence-electron chi connectivity index (χ4n) is 0.751. The maximum atomic E-state index is 4.26. The van der Waals surface area contributed by atoms with E-state index in [9.17, 15) is 0 Å². The van der Waals surface area contributed by atoms with Crippen molar-refractivity contribution in [3.8, 4) is 0 Å². The molecule has 0 spiro atoms. The fourth-order valence-corrected chi connectivity index (χ4v) is 1.43. The number of nitrogens with one attached hydrogen (secondary N) is 1. The Morgan fingerprint density at radius 3 is 3.08 bits per heavy atom. The van der Waals surface area contributed by atoms with Gasteiger partial charge in [0, 0.05) is 24.5 Å².